The molecule has 1 heterocycles. The number of carbonyl (C=O) groups excluding carboxylic acids is 2. The van der Waals surface area contributed by atoms with E-state index in [-0.39, 0.29) is 11.8 Å². The highest BCUT2D eigenvalue weighted by Crippen LogP contribution is 2.39. The number of nitrogens with zero attached hydrogens (tertiary/aromatic N) is 1. The molecule has 1 N–H and O–H groups in total. The van der Waals surface area contributed by atoms with Crippen molar-refractivity contribution in [3.8, 4) is 23.0 Å². The zero-order valence-corrected chi connectivity index (χ0v) is 18.9. The summed E-state index contributed by atoms with van der Waals surface area (Å²) in [5, 5.41) is 2.86. The first-order chi connectivity index (χ1) is 16.0. The first-order valence-corrected chi connectivity index (χ1v) is 11.0. The molecular weight excluding hydrogens is 420 g/mol. The quantitative estimate of drug-likeness (QED) is 0.518. The van der Waals surface area contributed by atoms with Crippen LogP contribution in [0.4, 0.5) is 11.4 Å². The number of para-hydroxylation sites is 2. The van der Waals surface area contributed by atoms with Crippen molar-refractivity contribution in [1.82, 2.24) is 0 Å². The molecule has 0 fully saturated rings. The van der Waals surface area contributed by atoms with Gasteiger partial charge in [0, 0.05) is 17.8 Å². The number of hydrogen-bond acceptors (Lipinski definition) is 5. The second-order valence-corrected chi connectivity index (χ2v) is 7.31. The molecule has 0 saturated carbocycles. The Bertz CT molecular complexity index is 1190. The Labute approximate surface area is 192 Å². The first kappa shape index (κ1) is 22.2. The zero-order chi connectivity index (χ0) is 23.4. The number of benzene rings is 3. The van der Waals surface area contributed by atoms with Crippen molar-refractivity contribution in [3.05, 3.63) is 71.8 Å². The third-order valence-corrected chi connectivity index (χ3v) is 5.21. The van der Waals surface area contributed by atoms with Crippen molar-refractivity contribution in [2.45, 2.75) is 20.8 Å². The van der Waals surface area contributed by atoms with Gasteiger partial charge in [-0.25, -0.2) is 0 Å². The number of anilines is 2. The van der Waals surface area contributed by atoms with Gasteiger partial charge in [0.1, 0.15) is 5.75 Å². The molecule has 0 aromatic heterocycles. The summed E-state index contributed by atoms with van der Waals surface area (Å²) in [5.41, 5.74) is 2.00. The monoisotopic (exact) mass is 446 g/mol. The average molecular weight is 447 g/mol. The van der Waals surface area contributed by atoms with Crippen LogP contribution in [0.2, 0.25) is 0 Å². The van der Waals surface area contributed by atoms with Crippen molar-refractivity contribution in [2.75, 3.05) is 30.0 Å². The SMILES string of the molecule is CCOc1ccc(C(=O)Nc2ccc3c(c2)C(=O)N(CC)c2ccccc2O3)cc1OCC. The van der Waals surface area contributed by atoms with Crippen LogP contribution >= 0.6 is 0 Å². The second kappa shape index (κ2) is 9.65. The summed E-state index contributed by atoms with van der Waals surface area (Å²) >= 11 is 0. The van der Waals surface area contributed by atoms with Crippen LogP contribution in [0.25, 0.3) is 0 Å². The number of amides is 2. The molecule has 170 valence electrons. The lowest BCUT2D eigenvalue weighted by Gasteiger charge is -2.19. The van der Waals surface area contributed by atoms with Gasteiger partial charge in [-0.05, 0) is 69.3 Å². The Morgan fingerprint density at radius 2 is 1.67 bits per heavy atom. The molecule has 0 saturated heterocycles. The van der Waals surface area contributed by atoms with Crippen LogP contribution in [0.5, 0.6) is 23.0 Å². The molecule has 2 amide bonds. The minimum atomic E-state index is -0.323. The van der Waals surface area contributed by atoms with E-state index >= 15 is 0 Å². The van der Waals surface area contributed by atoms with Crippen LogP contribution in [0.3, 0.4) is 0 Å². The molecule has 4 rings (SSSR count). The van der Waals surface area contributed by atoms with E-state index < -0.39 is 0 Å². The third kappa shape index (κ3) is 4.48. The minimum absolute atomic E-state index is 0.187. The minimum Gasteiger partial charge on any atom is -0.490 e. The van der Waals surface area contributed by atoms with E-state index in [9.17, 15) is 9.59 Å². The smallest absolute Gasteiger partial charge is 0.262 e. The number of carbonyl (C=O) groups is 2. The van der Waals surface area contributed by atoms with Crippen molar-refractivity contribution in [2.24, 2.45) is 0 Å². The lowest BCUT2D eigenvalue weighted by atomic mass is 10.1. The number of ether oxygens (including phenoxy) is 3. The van der Waals surface area contributed by atoms with Gasteiger partial charge in [0.2, 0.25) is 0 Å². The molecule has 3 aromatic carbocycles. The molecule has 0 atom stereocenters. The van der Waals surface area contributed by atoms with Crippen molar-refractivity contribution < 1.29 is 23.8 Å². The van der Waals surface area contributed by atoms with E-state index in [0.29, 0.717) is 65.3 Å². The summed E-state index contributed by atoms with van der Waals surface area (Å²) in [4.78, 5) is 27.8. The third-order valence-electron chi connectivity index (χ3n) is 5.21. The number of hydrogen-bond donors (Lipinski definition) is 1. The Morgan fingerprint density at radius 1 is 0.909 bits per heavy atom. The molecule has 33 heavy (non-hydrogen) atoms. The summed E-state index contributed by atoms with van der Waals surface area (Å²) < 4.78 is 17.2. The summed E-state index contributed by atoms with van der Waals surface area (Å²) in [7, 11) is 0. The van der Waals surface area contributed by atoms with E-state index in [1.165, 1.54) is 0 Å². The molecule has 0 unspecified atom stereocenters. The largest absolute Gasteiger partial charge is 0.490 e. The Kier molecular flexibility index (Phi) is 6.49. The maximum atomic E-state index is 13.3. The van der Waals surface area contributed by atoms with E-state index in [1.807, 2.05) is 45.0 Å². The molecule has 0 radical (unpaired) electrons. The average Bonchev–Trinajstić information content (AvgIpc) is 2.94. The van der Waals surface area contributed by atoms with Crippen LogP contribution in [-0.2, 0) is 0 Å². The van der Waals surface area contributed by atoms with Gasteiger partial charge in [0.15, 0.2) is 17.2 Å². The summed E-state index contributed by atoms with van der Waals surface area (Å²) in [5.74, 6) is 1.64. The van der Waals surface area contributed by atoms with Crippen LogP contribution in [0, 0.1) is 0 Å². The van der Waals surface area contributed by atoms with E-state index in [1.54, 1.807) is 41.3 Å². The van der Waals surface area contributed by atoms with Gasteiger partial charge in [-0.15, -0.1) is 0 Å². The Morgan fingerprint density at radius 3 is 2.42 bits per heavy atom. The fourth-order valence-corrected chi connectivity index (χ4v) is 3.71. The standard InChI is InChI=1S/C26H26N2O5/c1-4-28-20-9-7-8-10-22(20)33-21-14-12-18(16-19(21)26(28)30)27-25(29)17-11-13-23(31-5-2)24(15-17)32-6-3/h7-16H,4-6H2,1-3H3,(H,27,29). The van der Waals surface area contributed by atoms with Gasteiger partial charge in [-0.2, -0.15) is 0 Å². The lowest BCUT2D eigenvalue weighted by Crippen LogP contribution is -2.29. The van der Waals surface area contributed by atoms with E-state index in [4.69, 9.17) is 14.2 Å². The van der Waals surface area contributed by atoms with Gasteiger partial charge in [0.05, 0.1) is 24.5 Å². The van der Waals surface area contributed by atoms with Crippen LogP contribution in [0.15, 0.2) is 60.7 Å². The summed E-state index contributed by atoms with van der Waals surface area (Å²) in [6.45, 7) is 7.10. The Hall–Kier alpha value is -4.00. The highest BCUT2D eigenvalue weighted by Gasteiger charge is 2.27. The number of nitrogens with one attached hydrogen (secondary N) is 1. The Balaban J connectivity index is 1.61. The highest BCUT2D eigenvalue weighted by atomic mass is 16.5. The van der Waals surface area contributed by atoms with Crippen molar-refractivity contribution in [1.29, 1.82) is 0 Å². The van der Waals surface area contributed by atoms with E-state index in [0.717, 1.165) is 0 Å². The predicted octanol–water partition coefficient (Wildman–Crippen LogP) is 5.51. The molecule has 7 nitrogen and oxygen atoms in total. The van der Waals surface area contributed by atoms with Crippen molar-refractivity contribution in [3.63, 3.8) is 0 Å². The molecule has 1 aliphatic heterocycles. The second-order valence-electron chi connectivity index (χ2n) is 7.31. The molecule has 0 spiro atoms. The summed E-state index contributed by atoms with van der Waals surface area (Å²) in [6, 6.07) is 17.5. The van der Waals surface area contributed by atoms with E-state index in [2.05, 4.69) is 5.32 Å². The molecule has 3 aromatic rings. The molecular formula is C26H26N2O5. The van der Waals surface area contributed by atoms with Gasteiger partial charge >= 0.3 is 0 Å². The maximum absolute atomic E-state index is 13.3. The maximum Gasteiger partial charge on any atom is 0.262 e. The van der Waals surface area contributed by atoms with Gasteiger partial charge in [0.25, 0.3) is 11.8 Å². The fraction of sp³-hybridized carbons (Fsp3) is 0.231. The van der Waals surface area contributed by atoms with Gasteiger partial charge in [-0.3, -0.25) is 9.59 Å². The molecule has 1 aliphatic rings. The van der Waals surface area contributed by atoms with Crippen LogP contribution in [-0.4, -0.2) is 31.6 Å². The topological polar surface area (TPSA) is 77.1 Å². The van der Waals surface area contributed by atoms with Crippen LogP contribution < -0.4 is 24.4 Å². The molecule has 7 heteroatoms. The summed E-state index contributed by atoms with van der Waals surface area (Å²) in [6.07, 6.45) is 0. The predicted molar refractivity (Wildman–Crippen MR) is 127 cm³/mol. The lowest BCUT2D eigenvalue weighted by molar-refractivity contribution is 0.0985. The molecule has 0 aliphatic carbocycles. The van der Waals surface area contributed by atoms with Gasteiger partial charge < -0.3 is 24.4 Å². The van der Waals surface area contributed by atoms with Crippen LogP contribution in [0.1, 0.15) is 41.5 Å². The number of fused-ring (bicyclic) bond motifs is 2. The first-order valence-electron chi connectivity index (χ1n) is 11.0. The fourth-order valence-electron chi connectivity index (χ4n) is 3.71. The zero-order valence-electron chi connectivity index (χ0n) is 18.9. The normalized spacial score (nSPS) is 12.2. The highest BCUT2D eigenvalue weighted by molar-refractivity contribution is 6.11. The number of rotatable bonds is 7. The van der Waals surface area contributed by atoms with Gasteiger partial charge in [-0.1, -0.05) is 12.1 Å². The van der Waals surface area contributed by atoms with Crippen molar-refractivity contribution >= 4 is 23.2 Å². The molecule has 0 bridgehead atoms.